The van der Waals surface area contributed by atoms with Crippen LogP contribution in [0.4, 0.5) is 5.69 Å². The van der Waals surface area contributed by atoms with Crippen molar-refractivity contribution in [3.63, 3.8) is 0 Å². The van der Waals surface area contributed by atoms with E-state index in [1.54, 1.807) is 19.1 Å². The number of hydrogen-bond acceptors (Lipinski definition) is 5. The van der Waals surface area contributed by atoms with Crippen LogP contribution < -0.4 is 5.32 Å². The molecule has 9 heteroatoms. The van der Waals surface area contributed by atoms with Gasteiger partial charge in [0.15, 0.2) is 0 Å². The quantitative estimate of drug-likeness (QED) is 0.689. The molecule has 2 aromatic carbocycles. The molecule has 1 amide bonds. The summed E-state index contributed by atoms with van der Waals surface area (Å²) in [6, 6.07) is 10.7. The maximum Gasteiger partial charge on any atom is 0.338 e. The normalized spacial score (nSPS) is 11.3. The minimum atomic E-state index is -3.80. The SMILES string of the molecule is CCOC(=O)c1ccc(NC(=O)CN(C)S(=O)(=O)c2ccc(C)cc2)c(Cl)c1. The molecule has 2 rings (SSSR count). The van der Waals surface area contributed by atoms with E-state index in [0.29, 0.717) is 0 Å². The lowest BCUT2D eigenvalue weighted by Crippen LogP contribution is -2.35. The summed E-state index contributed by atoms with van der Waals surface area (Å²) in [5, 5.41) is 2.68. The van der Waals surface area contributed by atoms with Crippen molar-refractivity contribution in [1.82, 2.24) is 4.31 Å². The molecule has 28 heavy (non-hydrogen) atoms. The largest absolute Gasteiger partial charge is 0.462 e. The van der Waals surface area contributed by atoms with Gasteiger partial charge in [0.1, 0.15) is 0 Å². The number of nitrogens with zero attached hydrogens (tertiary/aromatic N) is 1. The van der Waals surface area contributed by atoms with Crippen LogP contribution in [0.3, 0.4) is 0 Å². The highest BCUT2D eigenvalue weighted by Crippen LogP contribution is 2.24. The number of amides is 1. The molecule has 0 aliphatic rings. The number of carbonyl (C=O) groups excluding carboxylic acids is 2. The molecule has 0 radical (unpaired) electrons. The van der Waals surface area contributed by atoms with Gasteiger partial charge in [-0.05, 0) is 44.2 Å². The van der Waals surface area contributed by atoms with Gasteiger partial charge >= 0.3 is 5.97 Å². The molecule has 2 aromatic rings. The van der Waals surface area contributed by atoms with Gasteiger partial charge < -0.3 is 10.1 Å². The van der Waals surface area contributed by atoms with Crippen LogP contribution in [-0.2, 0) is 19.6 Å². The standard InChI is InChI=1S/C19H21ClN2O5S/c1-4-27-19(24)14-7-10-17(16(20)11-14)21-18(23)12-22(3)28(25,26)15-8-5-13(2)6-9-15/h5-11H,4,12H2,1-3H3,(H,21,23). The van der Waals surface area contributed by atoms with Gasteiger partial charge in [-0.1, -0.05) is 29.3 Å². The lowest BCUT2D eigenvalue weighted by Gasteiger charge is -2.17. The minimum absolute atomic E-state index is 0.102. The van der Waals surface area contributed by atoms with Gasteiger partial charge in [-0.25, -0.2) is 13.2 Å². The van der Waals surface area contributed by atoms with E-state index in [4.69, 9.17) is 16.3 Å². The number of nitrogens with one attached hydrogen (secondary N) is 1. The minimum Gasteiger partial charge on any atom is -0.462 e. The predicted octanol–water partition coefficient (Wildman–Crippen LogP) is 3.08. The highest BCUT2D eigenvalue weighted by molar-refractivity contribution is 7.89. The van der Waals surface area contributed by atoms with Crippen LogP contribution in [0.15, 0.2) is 47.4 Å². The summed E-state index contributed by atoms with van der Waals surface area (Å²) in [6.45, 7) is 3.38. The van der Waals surface area contributed by atoms with Crippen molar-refractivity contribution in [2.45, 2.75) is 18.7 Å². The first-order valence-electron chi connectivity index (χ1n) is 8.44. The molecule has 0 bridgehead atoms. The molecule has 150 valence electrons. The summed E-state index contributed by atoms with van der Waals surface area (Å²) in [5.41, 5.74) is 1.45. The van der Waals surface area contributed by atoms with E-state index in [0.717, 1.165) is 9.87 Å². The molecule has 7 nitrogen and oxygen atoms in total. The van der Waals surface area contributed by atoms with Gasteiger partial charge in [-0.2, -0.15) is 4.31 Å². The van der Waals surface area contributed by atoms with Crippen LogP contribution in [0.2, 0.25) is 5.02 Å². The van der Waals surface area contributed by atoms with Crippen molar-refractivity contribution in [3.8, 4) is 0 Å². The van der Waals surface area contributed by atoms with Crippen LogP contribution in [0, 0.1) is 6.92 Å². The predicted molar refractivity (Wildman–Crippen MR) is 107 cm³/mol. The molecule has 0 fully saturated rings. The van der Waals surface area contributed by atoms with Crippen molar-refractivity contribution < 1.29 is 22.7 Å². The first kappa shape index (κ1) is 21.9. The number of rotatable bonds is 7. The third-order valence-electron chi connectivity index (χ3n) is 3.85. The molecule has 0 saturated carbocycles. The zero-order valence-electron chi connectivity index (χ0n) is 15.7. The molecular weight excluding hydrogens is 404 g/mol. The molecule has 0 heterocycles. The van der Waals surface area contributed by atoms with Crippen LogP contribution in [0.25, 0.3) is 0 Å². The first-order chi connectivity index (χ1) is 13.1. The maximum absolute atomic E-state index is 12.5. The van der Waals surface area contributed by atoms with Crippen molar-refractivity contribution >= 4 is 39.2 Å². The molecule has 0 saturated heterocycles. The summed E-state index contributed by atoms with van der Waals surface area (Å²) in [4.78, 5) is 24.1. The average Bonchev–Trinajstić information content (AvgIpc) is 2.63. The second-order valence-corrected chi connectivity index (χ2v) is 8.49. The Morgan fingerprint density at radius 2 is 1.79 bits per heavy atom. The van der Waals surface area contributed by atoms with E-state index in [1.165, 1.54) is 37.4 Å². The second-order valence-electron chi connectivity index (χ2n) is 6.04. The summed E-state index contributed by atoms with van der Waals surface area (Å²) >= 11 is 6.10. The van der Waals surface area contributed by atoms with Gasteiger partial charge in [0.05, 0.1) is 34.3 Å². The van der Waals surface area contributed by atoms with Gasteiger partial charge in [0.2, 0.25) is 15.9 Å². The van der Waals surface area contributed by atoms with Crippen LogP contribution >= 0.6 is 11.6 Å². The van der Waals surface area contributed by atoms with E-state index >= 15 is 0 Å². The van der Waals surface area contributed by atoms with E-state index in [1.807, 2.05) is 6.92 Å². The Balaban J connectivity index is 2.07. The molecule has 0 unspecified atom stereocenters. The molecule has 0 aromatic heterocycles. The number of sulfonamides is 1. The molecule has 0 atom stereocenters. The molecule has 1 N–H and O–H groups in total. The first-order valence-corrected chi connectivity index (χ1v) is 10.3. The topological polar surface area (TPSA) is 92.8 Å². The number of aryl methyl sites for hydroxylation is 1. The number of carbonyl (C=O) groups is 2. The molecular formula is C19H21ClN2O5S. The fraction of sp³-hybridized carbons (Fsp3) is 0.263. The summed E-state index contributed by atoms with van der Waals surface area (Å²) in [6.07, 6.45) is 0. The Morgan fingerprint density at radius 3 is 2.36 bits per heavy atom. The monoisotopic (exact) mass is 424 g/mol. The van der Waals surface area contributed by atoms with Crippen LogP contribution in [0.5, 0.6) is 0 Å². The molecule has 0 aliphatic carbocycles. The van der Waals surface area contributed by atoms with E-state index in [-0.39, 0.29) is 27.8 Å². The van der Waals surface area contributed by atoms with E-state index in [9.17, 15) is 18.0 Å². The summed E-state index contributed by atoms with van der Waals surface area (Å²) in [5.74, 6) is -1.09. The van der Waals surface area contributed by atoms with Gasteiger partial charge in [0.25, 0.3) is 0 Å². The third kappa shape index (κ3) is 5.31. The van der Waals surface area contributed by atoms with Crippen LogP contribution in [-0.4, -0.2) is 44.8 Å². The number of halogens is 1. The highest BCUT2D eigenvalue weighted by Gasteiger charge is 2.23. The number of benzene rings is 2. The third-order valence-corrected chi connectivity index (χ3v) is 5.98. The molecule has 0 spiro atoms. The smallest absolute Gasteiger partial charge is 0.338 e. The number of anilines is 1. The zero-order chi connectivity index (χ0) is 20.9. The maximum atomic E-state index is 12.5. The fourth-order valence-electron chi connectivity index (χ4n) is 2.33. The lowest BCUT2D eigenvalue weighted by molar-refractivity contribution is -0.116. The number of ether oxygens (including phenoxy) is 1. The van der Waals surface area contributed by atoms with Crippen molar-refractivity contribution in [2.75, 3.05) is 25.5 Å². The highest BCUT2D eigenvalue weighted by atomic mass is 35.5. The Bertz CT molecular complexity index is 974. The van der Waals surface area contributed by atoms with E-state index < -0.39 is 28.4 Å². The number of esters is 1. The van der Waals surface area contributed by atoms with Gasteiger partial charge in [-0.15, -0.1) is 0 Å². The Labute approximate surface area is 169 Å². The van der Waals surface area contributed by atoms with Crippen molar-refractivity contribution in [3.05, 3.63) is 58.6 Å². The number of hydrogen-bond donors (Lipinski definition) is 1. The number of likely N-dealkylation sites (N-methyl/N-ethyl adjacent to an activating group) is 1. The Kier molecular flexibility index (Phi) is 7.17. The van der Waals surface area contributed by atoms with Gasteiger partial charge in [0, 0.05) is 7.05 Å². The van der Waals surface area contributed by atoms with Crippen LogP contribution in [0.1, 0.15) is 22.8 Å². The average molecular weight is 425 g/mol. The molecule has 0 aliphatic heterocycles. The summed E-state index contributed by atoms with van der Waals surface area (Å²) in [7, 11) is -2.48. The second kappa shape index (κ2) is 9.18. The van der Waals surface area contributed by atoms with Gasteiger partial charge in [-0.3, -0.25) is 4.79 Å². The summed E-state index contributed by atoms with van der Waals surface area (Å²) < 4.78 is 30.9. The van der Waals surface area contributed by atoms with E-state index in [2.05, 4.69) is 5.32 Å². The zero-order valence-corrected chi connectivity index (χ0v) is 17.3. The van der Waals surface area contributed by atoms with Crippen molar-refractivity contribution in [2.24, 2.45) is 0 Å². The lowest BCUT2D eigenvalue weighted by atomic mass is 10.2. The van der Waals surface area contributed by atoms with Crippen molar-refractivity contribution in [1.29, 1.82) is 0 Å². The fourth-order valence-corrected chi connectivity index (χ4v) is 3.68. The Hall–Kier alpha value is -2.42. The Morgan fingerprint density at radius 1 is 1.14 bits per heavy atom.